The molecular formula is C16H22Br2MgO2. The molecule has 21 heavy (non-hydrogen) atoms. The molecule has 0 aliphatic rings. The molecule has 2 nitrogen and oxygen atoms in total. The number of hydrogen-bond donors (Lipinski definition) is 0. The van der Waals surface area contributed by atoms with Crippen LogP contribution in [0.3, 0.4) is 0 Å². The quantitative estimate of drug-likeness (QED) is 0.535. The van der Waals surface area contributed by atoms with E-state index in [0.29, 0.717) is 0 Å². The van der Waals surface area contributed by atoms with Gasteiger partial charge >= 0.3 is 23.1 Å². The minimum absolute atomic E-state index is 0. The third-order valence-corrected chi connectivity index (χ3v) is 2.50. The van der Waals surface area contributed by atoms with Crippen LogP contribution < -0.4 is 26.5 Å². The number of halogens is 2. The first-order valence-corrected chi connectivity index (χ1v) is 5.85. The van der Waals surface area contributed by atoms with E-state index < -0.39 is 0 Å². The second-order valence-corrected chi connectivity index (χ2v) is 4.01. The van der Waals surface area contributed by atoms with Crippen molar-refractivity contribution in [3.8, 4) is 11.5 Å². The minimum atomic E-state index is 0. The topological polar surface area (TPSA) is 18.5 Å². The first-order chi connectivity index (χ1) is 8.26. The predicted octanol–water partition coefficient (Wildman–Crippen LogP) is 1.85. The summed E-state index contributed by atoms with van der Waals surface area (Å²) in [5, 5.41) is 0. The molecule has 0 atom stereocenters. The Morgan fingerprint density at radius 3 is 1.52 bits per heavy atom. The molecule has 2 aromatic rings. The van der Waals surface area contributed by atoms with Crippen LogP contribution >= 0.6 is 15.9 Å². The third kappa shape index (κ3) is 13.2. The van der Waals surface area contributed by atoms with Crippen LogP contribution in [0.4, 0.5) is 0 Å². The fourth-order valence-electron chi connectivity index (χ4n) is 1.08. The van der Waals surface area contributed by atoms with E-state index in [-0.39, 0.29) is 54.9 Å². The van der Waals surface area contributed by atoms with Crippen LogP contribution in [-0.4, -0.2) is 37.3 Å². The number of ether oxygens (including phenoxy) is 2. The van der Waals surface area contributed by atoms with Crippen LogP contribution in [0.5, 0.6) is 11.5 Å². The number of benzene rings is 2. The molecule has 0 saturated heterocycles. The Kier molecular flexibility index (Phi) is 24.5. The van der Waals surface area contributed by atoms with Crippen molar-refractivity contribution in [3.05, 3.63) is 59.1 Å². The molecule has 0 radical (unpaired) electrons. The fourth-order valence-corrected chi connectivity index (χ4v) is 1.34. The van der Waals surface area contributed by atoms with E-state index in [0.717, 1.165) is 16.0 Å². The Labute approximate surface area is 164 Å². The van der Waals surface area contributed by atoms with Gasteiger partial charge in [-0.15, -0.1) is 12.1 Å². The van der Waals surface area contributed by atoms with Gasteiger partial charge < -0.3 is 26.5 Å². The first kappa shape index (κ1) is 28.9. The maximum absolute atomic E-state index is 4.95. The van der Waals surface area contributed by atoms with Crippen molar-refractivity contribution in [3.63, 3.8) is 0 Å². The van der Waals surface area contributed by atoms with Crippen LogP contribution in [0.25, 0.3) is 0 Å². The standard InChI is InChI=1S/C7H7BrO.C7H7O.2CH4.BrH.Mg/c1-9-7-4-2-6(8)3-5-7;1-8-7-5-3-2-4-6-7;;;;/h2-5H,1H3;3-6H,1H3;2*1H4;1H;/q;-1;;;;+2/p-1. The van der Waals surface area contributed by atoms with Gasteiger partial charge in [-0.3, -0.25) is 0 Å². The second kappa shape index (κ2) is 17.8. The average Bonchev–Trinajstić information content (AvgIpc) is 2.41. The molecule has 2 aromatic carbocycles. The van der Waals surface area contributed by atoms with E-state index in [1.54, 1.807) is 14.2 Å². The zero-order chi connectivity index (χ0) is 12.5. The Hall–Kier alpha value is -0.234. The Morgan fingerprint density at radius 2 is 1.19 bits per heavy atom. The van der Waals surface area contributed by atoms with E-state index in [1.165, 1.54) is 0 Å². The van der Waals surface area contributed by atoms with Crippen LogP contribution in [0.2, 0.25) is 0 Å². The third-order valence-electron chi connectivity index (χ3n) is 1.97. The van der Waals surface area contributed by atoms with Crippen molar-refractivity contribution in [2.45, 2.75) is 14.9 Å². The molecule has 0 amide bonds. The number of methoxy groups -OCH3 is 2. The van der Waals surface area contributed by atoms with Crippen molar-refractivity contribution < 1.29 is 26.5 Å². The molecule has 0 fully saturated rings. The summed E-state index contributed by atoms with van der Waals surface area (Å²) in [5.74, 6) is 1.77. The summed E-state index contributed by atoms with van der Waals surface area (Å²) in [6.07, 6.45) is 0. The van der Waals surface area contributed by atoms with Gasteiger partial charge in [0.05, 0.1) is 14.2 Å². The Morgan fingerprint density at radius 1 is 0.810 bits per heavy atom. The van der Waals surface area contributed by atoms with E-state index in [9.17, 15) is 0 Å². The molecule has 114 valence electrons. The molecule has 0 unspecified atom stereocenters. The molecule has 5 heteroatoms. The van der Waals surface area contributed by atoms with Crippen molar-refractivity contribution in [1.82, 2.24) is 0 Å². The molecule has 0 N–H and O–H groups in total. The number of hydrogen-bond acceptors (Lipinski definition) is 2. The molecule has 0 spiro atoms. The molecule has 0 aromatic heterocycles. The zero-order valence-electron chi connectivity index (χ0n) is 10.9. The number of rotatable bonds is 2. The predicted molar refractivity (Wildman–Crippen MR) is 91.7 cm³/mol. The molecule has 0 aliphatic heterocycles. The Bertz CT molecular complexity index is 422. The molecule has 0 aliphatic carbocycles. The van der Waals surface area contributed by atoms with Crippen molar-refractivity contribution in [2.24, 2.45) is 0 Å². The fraction of sp³-hybridized carbons (Fsp3) is 0.250. The van der Waals surface area contributed by atoms with Gasteiger partial charge in [-0.2, -0.15) is 18.2 Å². The van der Waals surface area contributed by atoms with Gasteiger partial charge in [0.15, 0.2) is 0 Å². The van der Waals surface area contributed by atoms with E-state index in [4.69, 9.17) is 9.47 Å². The molecular weight excluding hydrogens is 408 g/mol. The Balaban J connectivity index is -0.000000116. The van der Waals surface area contributed by atoms with E-state index in [2.05, 4.69) is 22.0 Å². The SMILES string of the molecule is C.C.COc1cc[c-]cc1.COc1ccc(Br)cc1.[Br-].[Mg+2]. The summed E-state index contributed by atoms with van der Waals surface area (Å²) in [6.45, 7) is 0. The van der Waals surface area contributed by atoms with Gasteiger partial charge in [-0.05, 0) is 24.3 Å². The van der Waals surface area contributed by atoms with Gasteiger partial charge in [0.2, 0.25) is 0 Å². The molecule has 0 heterocycles. The van der Waals surface area contributed by atoms with Crippen molar-refractivity contribution >= 4 is 39.0 Å². The maximum atomic E-state index is 4.95. The van der Waals surface area contributed by atoms with E-state index in [1.807, 2.05) is 48.5 Å². The van der Waals surface area contributed by atoms with Gasteiger partial charge in [0.25, 0.3) is 0 Å². The van der Waals surface area contributed by atoms with Gasteiger partial charge in [-0.1, -0.05) is 30.8 Å². The van der Waals surface area contributed by atoms with Gasteiger partial charge in [0, 0.05) is 10.2 Å². The maximum Gasteiger partial charge on any atom is 2.00 e. The largest absolute Gasteiger partial charge is 2.00 e. The molecule has 0 bridgehead atoms. The summed E-state index contributed by atoms with van der Waals surface area (Å²) in [7, 11) is 3.30. The first-order valence-electron chi connectivity index (χ1n) is 5.06. The molecule has 0 saturated carbocycles. The molecule has 2 rings (SSSR count). The van der Waals surface area contributed by atoms with Gasteiger partial charge in [-0.25, -0.2) is 0 Å². The van der Waals surface area contributed by atoms with E-state index >= 15 is 0 Å². The van der Waals surface area contributed by atoms with Crippen molar-refractivity contribution in [1.29, 1.82) is 0 Å². The summed E-state index contributed by atoms with van der Waals surface area (Å²) in [5.41, 5.74) is 0. The van der Waals surface area contributed by atoms with Crippen molar-refractivity contribution in [2.75, 3.05) is 14.2 Å². The van der Waals surface area contributed by atoms with Crippen LogP contribution in [-0.2, 0) is 0 Å². The summed E-state index contributed by atoms with van der Waals surface area (Å²) in [4.78, 5) is 0. The summed E-state index contributed by atoms with van der Waals surface area (Å²) >= 11 is 3.32. The summed E-state index contributed by atoms with van der Waals surface area (Å²) < 4.78 is 10.9. The van der Waals surface area contributed by atoms with Crippen LogP contribution in [0.1, 0.15) is 14.9 Å². The van der Waals surface area contributed by atoms with Crippen LogP contribution in [0.15, 0.2) is 53.0 Å². The average molecular weight is 430 g/mol. The monoisotopic (exact) mass is 428 g/mol. The zero-order valence-corrected chi connectivity index (χ0v) is 15.5. The normalized spacial score (nSPS) is 7.19. The van der Waals surface area contributed by atoms with Gasteiger partial charge in [0.1, 0.15) is 5.75 Å². The minimum Gasteiger partial charge on any atom is -1.00 e. The smallest absolute Gasteiger partial charge is 1.00 e. The van der Waals surface area contributed by atoms with Crippen LogP contribution in [0, 0.1) is 6.07 Å². The second-order valence-electron chi connectivity index (χ2n) is 3.10. The summed E-state index contributed by atoms with van der Waals surface area (Å²) in [6, 6.07) is 17.9.